The molecule has 21 heavy (non-hydrogen) atoms. The number of amides is 1. The van der Waals surface area contributed by atoms with Crippen molar-refractivity contribution >= 4 is 27.5 Å². The molecular weight excluding hydrogens is 296 g/mol. The second kappa shape index (κ2) is 5.78. The number of sulfonamides is 1. The molecule has 1 atom stereocenters. The number of rotatable bonds is 3. The molecule has 1 fully saturated rings. The summed E-state index contributed by atoms with van der Waals surface area (Å²) in [5.74, 6) is 0. The quantitative estimate of drug-likeness (QED) is 0.666. The molecule has 1 amide bonds. The Balaban J connectivity index is 2.11. The molecule has 0 saturated carbocycles. The summed E-state index contributed by atoms with van der Waals surface area (Å²) in [5.41, 5.74) is 6.63. The number of alkyl carbamates (subject to hydrolysis) is 1. The Morgan fingerprint density at radius 2 is 2.19 bits per heavy atom. The number of methoxy groups -OCH3 is 1. The number of primary sulfonamides is 1. The van der Waals surface area contributed by atoms with E-state index in [1.807, 2.05) is 4.90 Å². The van der Waals surface area contributed by atoms with E-state index >= 15 is 0 Å². The topological polar surface area (TPSA) is 128 Å². The lowest BCUT2D eigenvalue weighted by molar-refractivity contribution is 0.167. The molecule has 1 heterocycles. The highest BCUT2D eigenvalue weighted by molar-refractivity contribution is 7.89. The standard InChI is InChI=1S/C12H18N4O4S/c1-20-12(17)15-8-4-5-16(7-8)9-2-3-11(10(13)6-9)21(14,18)19/h2-3,6,8H,4-5,7,13H2,1H3,(H,15,17)(H2,14,18,19). The zero-order chi connectivity index (χ0) is 15.6. The van der Waals surface area contributed by atoms with Gasteiger partial charge in [-0.3, -0.25) is 0 Å². The molecule has 1 aromatic rings. The number of ether oxygens (including phenoxy) is 1. The predicted octanol–water partition coefficient (Wildman–Crippen LogP) is -0.149. The highest BCUT2D eigenvalue weighted by Crippen LogP contribution is 2.26. The lowest BCUT2D eigenvalue weighted by Crippen LogP contribution is -2.36. The van der Waals surface area contributed by atoms with Gasteiger partial charge in [0.1, 0.15) is 4.90 Å². The van der Waals surface area contributed by atoms with Crippen LogP contribution in [0.2, 0.25) is 0 Å². The number of carbonyl (C=O) groups excluding carboxylic acids is 1. The maximum absolute atomic E-state index is 11.3. The Morgan fingerprint density at radius 1 is 1.48 bits per heavy atom. The summed E-state index contributed by atoms with van der Waals surface area (Å²) < 4.78 is 27.2. The van der Waals surface area contributed by atoms with E-state index in [0.29, 0.717) is 6.54 Å². The zero-order valence-electron chi connectivity index (χ0n) is 11.6. The SMILES string of the molecule is COC(=O)NC1CCN(c2ccc(S(N)(=O)=O)c(N)c2)C1. The largest absolute Gasteiger partial charge is 0.453 e. The summed E-state index contributed by atoms with van der Waals surface area (Å²) in [6.07, 6.45) is 0.303. The second-order valence-corrected chi connectivity index (χ2v) is 6.36. The summed E-state index contributed by atoms with van der Waals surface area (Å²) in [4.78, 5) is 13.1. The Labute approximate surface area is 123 Å². The Bertz CT molecular complexity index is 647. The lowest BCUT2D eigenvalue weighted by Gasteiger charge is -2.20. The first kappa shape index (κ1) is 15.4. The van der Waals surface area contributed by atoms with Gasteiger partial charge in [-0.2, -0.15) is 0 Å². The molecule has 1 unspecified atom stereocenters. The summed E-state index contributed by atoms with van der Waals surface area (Å²) in [5, 5.41) is 7.80. The van der Waals surface area contributed by atoms with Gasteiger partial charge in [0.25, 0.3) is 0 Å². The van der Waals surface area contributed by atoms with Crippen LogP contribution in [0, 0.1) is 0 Å². The maximum atomic E-state index is 11.3. The number of nitrogens with two attached hydrogens (primary N) is 2. The molecule has 8 nitrogen and oxygen atoms in total. The van der Waals surface area contributed by atoms with Crippen LogP contribution in [0.5, 0.6) is 0 Å². The number of nitrogen functional groups attached to an aromatic ring is 1. The minimum absolute atomic E-state index is 0.0170. The van der Waals surface area contributed by atoms with Crippen molar-refractivity contribution in [3.63, 3.8) is 0 Å². The molecule has 1 saturated heterocycles. The zero-order valence-corrected chi connectivity index (χ0v) is 12.4. The maximum Gasteiger partial charge on any atom is 0.407 e. The van der Waals surface area contributed by atoms with Crippen LogP contribution in [-0.4, -0.2) is 40.8 Å². The van der Waals surface area contributed by atoms with E-state index in [1.165, 1.54) is 13.2 Å². The van der Waals surface area contributed by atoms with Crippen LogP contribution in [0.15, 0.2) is 23.1 Å². The third kappa shape index (κ3) is 3.56. The van der Waals surface area contributed by atoms with Crippen molar-refractivity contribution in [2.75, 3.05) is 30.8 Å². The van der Waals surface area contributed by atoms with Crippen molar-refractivity contribution in [2.24, 2.45) is 5.14 Å². The molecule has 0 aromatic heterocycles. The van der Waals surface area contributed by atoms with E-state index in [4.69, 9.17) is 10.9 Å². The van der Waals surface area contributed by atoms with Crippen molar-refractivity contribution in [1.82, 2.24) is 5.32 Å². The van der Waals surface area contributed by atoms with Crippen molar-refractivity contribution < 1.29 is 17.9 Å². The van der Waals surface area contributed by atoms with Crippen molar-refractivity contribution in [3.8, 4) is 0 Å². The van der Waals surface area contributed by atoms with Gasteiger partial charge in [0.05, 0.1) is 18.8 Å². The molecule has 9 heteroatoms. The van der Waals surface area contributed by atoms with Crippen LogP contribution >= 0.6 is 0 Å². The van der Waals surface area contributed by atoms with Crippen molar-refractivity contribution in [1.29, 1.82) is 0 Å². The molecule has 116 valence electrons. The highest BCUT2D eigenvalue weighted by Gasteiger charge is 2.25. The molecule has 2 rings (SSSR count). The van der Waals surface area contributed by atoms with E-state index < -0.39 is 16.1 Å². The van der Waals surface area contributed by atoms with E-state index in [2.05, 4.69) is 10.1 Å². The summed E-state index contributed by atoms with van der Waals surface area (Å²) in [6, 6.07) is 4.59. The average molecular weight is 314 g/mol. The van der Waals surface area contributed by atoms with Crippen LogP contribution in [0.1, 0.15) is 6.42 Å². The van der Waals surface area contributed by atoms with E-state index in [0.717, 1.165) is 18.7 Å². The number of benzene rings is 1. The fraction of sp³-hybridized carbons (Fsp3) is 0.417. The van der Waals surface area contributed by atoms with Gasteiger partial charge in [0.2, 0.25) is 10.0 Å². The van der Waals surface area contributed by atoms with Gasteiger partial charge in [0.15, 0.2) is 0 Å². The van der Waals surface area contributed by atoms with Gasteiger partial charge in [0, 0.05) is 18.8 Å². The molecule has 0 bridgehead atoms. The summed E-state index contributed by atoms with van der Waals surface area (Å²) in [6.45, 7) is 1.33. The molecule has 1 aliphatic rings. The molecular formula is C12H18N4O4S. The van der Waals surface area contributed by atoms with Gasteiger partial charge < -0.3 is 20.7 Å². The van der Waals surface area contributed by atoms with Crippen LogP contribution < -0.4 is 21.1 Å². The fourth-order valence-electron chi connectivity index (χ4n) is 2.33. The number of hydrogen-bond acceptors (Lipinski definition) is 6. The van der Waals surface area contributed by atoms with Crippen molar-refractivity contribution in [2.45, 2.75) is 17.4 Å². The number of hydrogen-bond donors (Lipinski definition) is 3. The summed E-state index contributed by atoms with van der Waals surface area (Å²) in [7, 11) is -2.51. The van der Waals surface area contributed by atoms with Crippen LogP contribution in [0.3, 0.4) is 0 Å². The summed E-state index contributed by atoms with van der Waals surface area (Å²) >= 11 is 0. The average Bonchev–Trinajstić information content (AvgIpc) is 2.85. The Kier molecular flexibility index (Phi) is 4.24. The van der Waals surface area contributed by atoms with Crippen LogP contribution in [0.25, 0.3) is 0 Å². The first-order valence-electron chi connectivity index (χ1n) is 6.33. The van der Waals surface area contributed by atoms with Gasteiger partial charge >= 0.3 is 6.09 Å². The fourth-order valence-corrected chi connectivity index (χ4v) is 2.98. The Hall–Kier alpha value is -2.00. The van der Waals surface area contributed by atoms with Gasteiger partial charge in [-0.25, -0.2) is 18.4 Å². The highest BCUT2D eigenvalue weighted by atomic mass is 32.2. The molecule has 0 aliphatic carbocycles. The van der Waals surface area contributed by atoms with E-state index in [9.17, 15) is 13.2 Å². The second-order valence-electron chi connectivity index (χ2n) is 4.83. The molecule has 1 aliphatic heterocycles. The molecule has 0 radical (unpaired) electrons. The predicted molar refractivity (Wildman–Crippen MR) is 78.4 cm³/mol. The monoisotopic (exact) mass is 314 g/mol. The van der Waals surface area contributed by atoms with Crippen molar-refractivity contribution in [3.05, 3.63) is 18.2 Å². The van der Waals surface area contributed by atoms with Crippen LogP contribution in [0.4, 0.5) is 16.2 Å². The first-order valence-corrected chi connectivity index (χ1v) is 7.87. The number of anilines is 2. The first-order chi connectivity index (χ1) is 9.81. The minimum Gasteiger partial charge on any atom is -0.453 e. The van der Waals surface area contributed by atoms with E-state index in [1.54, 1.807) is 12.1 Å². The molecule has 1 aromatic carbocycles. The smallest absolute Gasteiger partial charge is 0.407 e. The molecule has 0 spiro atoms. The number of carbonyl (C=O) groups is 1. The minimum atomic E-state index is -3.82. The van der Waals surface area contributed by atoms with Gasteiger partial charge in [-0.05, 0) is 24.6 Å². The number of nitrogens with one attached hydrogen (secondary N) is 1. The lowest BCUT2D eigenvalue weighted by atomic mass is 10.2. The number of nitrogens with zero attached hydrogens (tertiary/aromatic N) is 1. The van der Waals surface area contributed by atoms with Crippen LogP contribution in [-0.2, 0) is 14.8 Å². The third-order valence-corrected chi connectivity index (χ3v) is 4.35. The van der Waals surface area contributed by atoms with E-state index in [-0.39, 0.29) is 16.6 Å². The van der Waals surface area contributed by atoms with Gasteiger partial charge in [-0.15, -0.1) is 0 Å². The molecule has 5 N–H and O–H groups in total. The third-order valence-electron chi connectivity index (χ3n) is 3.36. The van der Waals surface area contributed by atoms with Gasteiger partial charge in [-0.1, -0.05) is 0 Å². The normalized spacial score (nSPS) is 18.6. The Morgan fingerprint density at radius 3 is 2.76 bits per heavy atom.